The number of hydrogen-bond donors (Lipinski definition) is 2. The first kappa shape index (κ1) is 11.4. The summed E-state index contributed by atoms with van der Waals surface area (Å²) in [5.41, 5.74) is -0.919. The highest BCUT2D eigenvalue weighted by atomic mass is 19.1. The molecule has 90 valence electrons. The predicted molar refractivity (Wildman–Crippen MR) is 56.8 cm³/mol. The molecule has 0 saturated heterocycles. The van der Waals surface area contributed by atoms with Gasteiger partial charge in [-0.15, -0.1) is 0 Å². The third-order valence-electron chi connectivity index (χ3n) is 3.02. The van der Waals surface area contributed by atoms with E-state index in [-0.39, 0.29) is 12.2 Å². The van der Waals surface area contributed by atoms with Gasteiger partial charge in [-0.05, 0) is 24.6 Å². The van der Waals surface area contributed by atoms with Crippen LogP contribution in [0.3, 0.4) is 0 Å². The summed E-state index contributed by atoms with van der Waals surface area (Å²) in [6.45, 7) is 1.21. The largest absolute Gasteiger partial charge is 0.481 e. The van der Waals surface area contributed by atoms with Gasteiger partial charge in [0.25, 0.3) is 0 Å². The van der Waals surface area contributed by atoms with Crippen LogP contribution in [-0.2, 0) is 10.2 Å². The predicted octanol–water partition coefficient (Wildman–Crippen LogP) is 1.67. The molecule has 1 aromatic carbocycles. The van der Waals surface area contributed by atoms with E-state index in [4.69, 9.17) is 5.11 Å². The van der Waals surface area contributed by atoms with Crippen LogP contribution in [0.4, 0.5) is 14.9 Å². The molecule has 0 fully saturated rings. The number of rotatable bonds is 1. The number of carboxylic acids is 1. The third-order valence-corrected chi connectivity index (χ3v) is 3.02. The number of carboxylic acid groups (broad SMARTS) is 2. The normalized spacial score (nSPS) is 22.4. The summed E-state index contributed by atoms with van der Waals surface area (Å²) in [5.74, 6) is -1.72. The lowest BCUT2D eigenvalue weighted by atomic mass is 9.85. The van der Waals surface area contributed by atoms with Crippen LogP contribution in [0, 0.1) is 5.82 Å². The van der Waals surface area contributed by atoms with Crippen LogP contribution in [0.25, 0.3) is 0 Å². The fourth-order valence-electron chi connectivity index (χ4n) is 2.03. The standard InChI is InChI=1S/C11H10FNO4/c1-11(9(14)15)5-13(10(16)17)8-4-6(12)2-3-7(8)11/h2-4H,5H2,1H3,(H,14,15)(H,16,17). The van der Waals surface area contributed by atoms with E-state index in [2.05, 4.69) is 0 Å². The van der Waals surface area contributed by atoms with Gasteiger partial charge >= 0.3 is 12.1 Å². The summed E-state index contributed by atoms with van der Waals surface area (Å²) >= 11 is 0. The van der Waals surface area contributed by atoms with Gasteiger partial charge < -0.3 is 10.2 Å². The Morgan fingerprint density at radius 1 is 1.41 bits per heavy atom. The van der Waals surface area contributed by atoms with Crippen LogP contribution in [0.2, 0.25) is 0 Å². The molecule has 1 aromatic rings. The SMILES string of the molecule is CC1(C(=O)O)CN(C(=O)O)c2cc(F)ccc21. The smallest absolute Gasteiger partial charge is 0.411 e. The van der Waals surface area contributed by atoms with Crippen LogP contribution in [0.15, 0.2) is 18.2 Å². The van der Waals surface area contributed by atoms with Crippen molar-refractivity contribution in [2.24, 2.45) is 0 Å². The summed E-state index contributed by atoms with van der Waals surface area (Å²) in [7, 11) is 0. The van der Waals surface area contributed by atoms with Crippen LogP contribution in [0.5, 0.6) is 0 Å². The number of nitrogens with zero attached hydrogens (tertiary/aromatic N) is 1. The van der Waals surface area contributed by atoms with Crippen molar-refractivity contribution < 1.29 is 24.2 Å². The van der Waals surface area contributed by atoms with Gasteiger partial charge in [0, 0.05) is 6.54 Å². The Morgan fingerprint density at radius 3 is 2.59 bits per heavy atom. The molecule has 6 heteroatoms. The van der Waals surface area contributed by atoms with Crippen molar-refractivity contribution in [2.45, 2.75) is 12.3 Å². The highest BCUT2D eigenvalue weighted by Crippen LogP contribution is 2.41. The molecule has 2 rings (SSSR count). The molecular weight excluding hydrogens is 229 g/mol. The lowest BCUT2D eigenvalue weighted by Gasteiger charge is -2.19. The van der Waals surface area contributed by atoms with E-state index in [9.17, 15) is 19.1 Å². The Kier molecular flexibility index (Phi) is 2.30. The minimum Gasteiger partial charge on any atom is -0.481 e. The van der Waals surface area contributed by atoms with Crippen LogP contribution in [0.1, 0.15) is 12.5 Å². The van der Waals surface area contributed by atoms with E-state index < -0.39 is 23.3 Å². The van der Waals surface area contributed by atoms with Crippen LogP contribution in [-0.4, -0.2) is 28.8 Å². The number of aliphatic carboxylic acids is 1. The van der Waals surface area contributed by atoms with Crippen molar-refractivity contribution in [1.29, 1.82) is 0 Å². The molecule has 2 N–H and O–H groups in total. The molecule has 0 saturated carbocycles. The van der Waals surface area contributed by atoms with E-state index in [1.165, 1.54) is 13.0 Å². The lowest BCUT2D eigenvalue weighted by Crippen LogP contribution is -2.39. The average molecular weight is 239 g/mol. The molecule has 1 atom stereocenters. The molecule has 0 spiro atoms. The molecule has 0 aromatic heterocycles. The van der Waals surface area contributed by atoms with Crippen LogP contribution < -0.4 is 4.90 Å². The monoisotopic (exact) mass is 239 g/mol. The summed E-state index contributed by atoms with van der Waals surface area (Å²) in [6, 6.07) is 3.49. The Labute approximate surface area is 96.1 Å². The number of amides is 1. The molecule has 1 heterocycles. The Bertz CT molecular complexity index is 516. The summed E-state index contributed by atoms with van der Waals surface area (Å²) in [5, 5.41) is 18.2. The maximum Gasteiger partial charge on any atom is 0.411 e. The van der Waals surface area contributed by atoms with Crippen molar-refractivity contribution in [1.82, 2.24) is 0 Å². The highest BCUT2D eigenvalue weighted by Gasteiger charge is 2.47. The number of carbonyl (C=O) groups is 2. The van der Waals surface area contributed by atoms with Gasteiger partial charge in [0.1, 0.15) is 11.2 Å². The molecule has 17 heavy (non-hydrogen) atoms. The van der Waals surface area contributed by atoms with Gasteiger partial charge in [0.15, 0.2) is 0 Å². The third kappa shape index (κ3) is 1.52. The number of hydrogen-bond acceptors (Lipinski definition) is 2. The average Bonchev–Trinajstić information content (AvgIpc) is 2.53. The molecule has 0 radical (unpaired) electrons. The molecule has 1 unspecified atom stereocenters. The van der Waals surface area contributed by atoms with Crippen molar-refractivity contribution in [3.05, 3.63) is 29.6 Å². The van der Waals surface area contributed by atoms with Gasteiger partial charge in [0.2, 0.25) is 0 Å². The number of benzene rings is 1. The fourth-order valence-corrected chi connectivity index (χ4v) is 2.03. The first-order valence-electron chi connectivity index (χ1n) is 4.90. The Balaban J connectivity index is 2.63. The number of fused-ring (bicyclic) bond motifs is 1. The topological polar surface area (TPSA) is 77.8 Å². The van der Waals surface area contributed by atoms with E-state index in [0.717, 1.165) is 17.0 Å². The van der Waals surface area contributed by atoms with E-state index in [0.29, 0.717) is 5.56 Å². The zero-order chi connectivity index (χ0) is 12.8. The molecule has 1 aliphatic rings. The van der Waals surface area contributed by atoms with Crippen molar-refractivity contribution >= 4 is 17.7 Å². The Hall–Kier alpha value is -2.11. The Morgan fingerprint density at radius 2 is 2.06 bits per heavy atom. The van der Waals surface area contributed by atoms with Gasteiger partial charge in [-0.3, -0.25) is 9.69 Å². The second kappa shape index (κ2) is 3.44. The lowest BCUT2D eigenvalue weighted by molar-refractivity contribution is -0.142. The van der Waals surface area contributed by atoms with Crippen molar-refractivity contribution in [3.63, 3.8) is 0 Å². The highest BCUT2D eigenvalue weighted by molar-refractivity contribution is 5.96. The van der Waals surface area contributed by atoms with Gasteiger partial charge in [-0.1, -0.05) is 6.07 Å². The van der Waals surface area contributed by atoms with E-state index in [1.807, 2.05) is 0 Å². The molecule has 0 aliphatic carbocycles. The minimum absolute atomic E-state index is 0.0994. The molecule has 1 aliphatic heterocycles. The molecule has 1 amide bonds. The van der Waals surface area contributed by atoms with Crippen molar-refractivity contribution in [3.8, 4) is 0 Å². The summed E-state index contributed by atoms with van der Waals surface area (Å²) < 4.78 is 13.1. The minimum atomic E-state index is -1.33. The first-order valence-corrected chi connectivity index (χ1v) is 4.90. The van der Waals surface area contributed by atoms with E-state index >= 15 is 0 Å². The van der Waals surface area contributed by atoms with Crippen molar-refractivity contribution in [2.75, 3.05) is 11.4 Å². The van der Waals surface area contributed by atoms with Gasteiger partial charge in [-0.25, -0.2) is 9.18 Å². The fraction of sp³-hybridized carbons (Fsp3) is 0.273. The second-order valence-corrected chi connectivity index (χ2v) is 4.17. The second-order valence-electron chi connectivity index (χ2n) is 4.17. The quantitative estimate of drug-likeness (QED) is 0.781. The summed E-state index contributed by atoms with van der Waals surface area (Å²) in [6.07, 6.45) is -1.29. The van der Waals surface area contributed by atoms with E-state index in [1.54, 1.807) is 0 Å². The van der Waals surface area contributed by atoms with Gasteiger partial charge in [-0.2, -0.15) is 0 Å². The summed E-state index contributed by atoms with van der Waals surface area (Å²) in [4.78, 5) is 23.1. The molecular formula is C11H10FNO4. The molecule has 0 bridgehead atoms. The van der Waals surface area contributed by atoms with Gasteiger partial charge in [0.05, 0.1) is 5.69 Å². The number of anilines is 1. The zero-order valence-electron chi connectivity index (χ0n) is 8.98. The first-order chi connectivity index (χ1) is 7.86. The molecule has 5 nitrogen and oxygen atoms in total. The maximum atomic E-state index is 13.1. The zero-order valence-corrected chi connectivity index (χ0v) is 8.98. The number of halogens is 1. The van der Waals surface area contributed by atoms with Crippen LogP contribution >= 0.6 is 0 Å². The maximum absolute atomic E-state index is 13.1.